The Hall–Kier alpha value is -2.67. The summed E-state index contributed by atoms with van der Waals surface area (Å²) < 4.78 is 11.2. The van der Waals surface area contributed by atoms with Crippen molar-refractivity contribution >= 4 is 23.6 Å². The molecule has 0 saturated carbocycles. The van der Waals surface area contributed by atoms with Crippen LogP contribution in [0, 0.1) is 0 Å². The maximum Gasteiger partial charge on any atom is 0.305 e. The molecule has 7 heteroatoms. The van der Waals surface area contributed by atoms with Crippen LogP contribution in [0.2, 0.25) is 0 Å². The molecule has 2 aromatic carbocycles. The molecule has 136 valence electrons. The van der Waals surface area contributed by atoms with Crippen LogP contribution in [0.1, 0.15) is 18.0 Å². The summed E-state index contributed by atoms with van der Waals surface area (Å²) in [5.41, 5.74) is 0.732. The van der Waals surface area contributed by atoms with Crippen molar-refractivity contribution in [2.24, 2.45) is 0 Å². The fourth-order valence-electron chi connectivity index (χ4n) is 2.68. The van der Waals surface area contributed by atoms with Gasteiger partial charge in [-0.3, -0.25) is 9.59 Å². The Balaban J connectivity index is 1.72. The number of hydrogen-bond acceptors (Lipinski definition) is 5. The highest BCUT2D eigenvalue weighted by Crippen LogP contribution is 2.31. The smallest absolute Gasteiger partial charge is 0.305 e. The number of rotatable bonds is 6. The summed E-state index contributed by atoms with van der Waals surface area (Å²) in [5.74, 6) is -0.306. The normalized spacial score (nSPS) is 16.6. The molecule has 0 saturated heterocycles. The number of fused-ring (bicyclic) bond motifs is 1. The molecule has 0 aromatic heterocycles. The summed E-state index contributed by atoms with van der Waals surface area (Å²) in [7, 11) is 0. The zero-order valence-corrected chi connectivity index (χ0v) is 15.0. The van der Waals surface area contributed by atoms with E-state index in [0.717, 1.165) is 10.5 Å². The Kier molecular flexibility index (Phi) is 5.68. The van der Waals surface area contributed by atoms with Gasteiger partial charge in [0.25, 0.3) is 5.91 Å². The standard InChI is InChI=1S/C19H19NO5S/c1-26-13-8-6-12(7-9-13)14(10-18(21)22)20-19(23)17-11-24-15-4-2-3-5-16(15)25-17/h2-9,14,17H,10-11H2,1H3,(H,20,23)(H,21,22). The van der Waals surface area contributed by atoms with Gasteiger partial charge in [0, 0.05) is 4.90 Å². The van der Waals surface area contributed by atoms with Gasteiger partial charge in [-0.15, -0.1) is 11.8 Å². The monoisotopic (exact) mass is 373 g/mol. The van der Waals surface area contributed by atoms with Crippen molar-refractivity contribution in [1.29, 1.82) is 0 Å². The van der Waals surface area contributed by atoms with Gasteiger partial charge in [-0.1, -0.05) is 24.3 Å². The van der Waals surface area contributed by atoms with Crippen molar-refractivity contribution in [3.8, 4) is 11.5 Å². The van der Waals surface area contributed by atoms with Crippen LogP contribution in [0.4, 0.5) is 0 Å². The molecule has 2 unspecified atom stereocenters. The maximum absolute atomic E-state index is 12.6. The Morgan fingerprint density at radius 2 is 1.88 bits per heavy atom. The Morgan fingerprint density at radius 1 is 1.19 bits per heavy atom. The predicted molar refractivity (Wildman–Crippen MR) is 97.7 cm³/mol. The van der Waals surface area contributed by atoms with E-state index in [1.165, 1.54) is 0 Å². The van der Waals surface area contributed by atoms with E-state index in [1.807, 2.05) is 36.6 Å². The van der Waals surface area contributed by atoms with Crippen LogP contribution < -0.4 is 14.8 Å². The molecule has 0 bridgehead atoms. The van der Waals surface area contributed by atoms with Crippen LogP contribution in [-0.2, 0) is 9.59 Å². The van der Waals surface area contributed by atoms with Crippen LogP contribution in [0.3, 0.4) is 0 Å². The van der Waals surface area contributed by atoms with Gasteiger partial charge in [-0.2, -0.15) is 0 Å². The average Bonchev–Trinajstić information content (AvgIpc) is 2.66. The minimum atomic E-state index is -0.990. The molecule has 1 heterocycles. The summed E-state index contributed by atoms with van der Waals surface area (Å²) >= 11 is 1.59. The number of amides is 1. The van der Waals surface area contributed by atoms with E-state index in [4.69, 9.17) is 9.47 Å². The first-order valence-corrected chi connectivity index (χ1v) is 9.34. The average molecular weight is 373 g/mol. The molecule has 2 aromatic rings. The van der Waals surface area contributed by atoms with Gasteiger partial charge < -0.3 is 19.9 Å². The maximum atomic E-state index is 12.6. The van der Waals surface area contributed by atoms with Gasteiger partial charge >= 0.3 is 5.97 Å². The van der Waals surface area contributed by atoms with E-state index in [2.05, 4.69) is 5.32 Å². The van der Waals surface area contributed by atoms with Crippen molar-refractivity contribution in [2.45, 2.75) is 23.5 Å². The lowest BCUT2D eigenvalue weighted by Gasteiger charge is -2.27. The van der Waals surface area contributed by atoms with E-state index in [1.54, 1.807) is 30.0 Å². The fraction of sp³-hybridized carbons (Fsp3) is 0.263. The van der Waals surface area contributed by atoms with Crippen molar-refractivity contribution in [1.82, 2.24) is 5.32 Å². The first-order valence-electron chi connectivity index (χ1n) is 8.11. The SMILES string of the molecule is CSc1ccc(C(CC(=O)O)NC(=O)C2COc3ccccc3O2)cc1. The number of aliphatic carboxylic acids is 1. The van der Waals surface area contributed by atoms with Crippen molar-refractivity contribution in [3.63, 3.8) is 0 Å². The van der Waals surface area contributed by atoms with E-state index in [9.17, 15) is 14.7 Å². The topological polar surface area (TPSA) is 84.9 Å². The number of hydrogen-bond donors (Lipinski definition) is 2. The molecule has 1 amide bonds. The molecule has 0 aliphatic carbocycles. The third-order valence-electron chi connectivity index (χ3n) is 4.01. The number of nitrogens with one attached hydrogen (secondary N) is 1. The molecule has 6 nitrogen and oxygen atoms in total. The first kappa shape index (κ1) is 18.1. The molecule has 0 radical (unpaired) electrons. The van der Waals surface area contributed by atoms with Gasteiger partial charge in [-0.05, 0) is 36.1 Å². The molecule has 0 fully saturated rings. The molecule has 0 spiro atoms. The highest BCUT2D eigenvalue weighted by molar-refractivity contribution is 7.98. The Morgan fingerprint density at radius 3 is 2.54 bits per heavy atom. The van der Waals surface area contributed by atoms with Gasteiger partial charge in [0.05, 0.1) is 12.5 Å². The number of carboxylic acid groups (broad SMARTS) is 1. The highest BCUT2D eigenvalue weighted by atomic mass is 32.2. The Labute approximate surface area is 155 Å². The molecular weight excluding hydrogens is 354 g/mol. The van der Waals surface area contributed by atoms with Crippen LogP contribution in [0.5, 0.6) is 11.5 Å². The molecule has 1 aliphatic rings. The largest absolute Gasteiger partial charge is 0.485 e. The van der Waals surface area contributed by atoms with Crippen molar-refractivity contribution in [3.05, 3.63) is 54.1 Å². The van der Waals surface area contributed by atoms with Crippen LogP contribution in [0.15, 0.2) is 53.4 Å². The van der Waals surface area contributed by atoms with E-state index < -0.39 is 24.0 Å². The van der Waals surface area contributed by atoms with Gasteiger partial charge in [0.1, 0.15) is 6.61 Å². The lowest BCUT2D eigenvalue weighted by molar-refractivity contribution is -0.138. The van der Waals surface area contributed by atoms with Crippen LogP contribution in [0.25, 0.3) is 0 Å². The summed E-state index contributed by atoms with van der Waals surface area (Å²) in [6, 6.07) is 13.9. The second-order valence-electron chi connectivity index (χ2n) is 5.80. The number of carbonyl (C=O) groups is 2. The quantitative estimate of drug-likeness (QED) is 0.758. The fourth-order valence-corrected chi connectivity index (χ4v) is 3.08. The highest BCUT2D eigenvalue weighted by Gasteiger charge is 2.29. The second kappa shape index (κ2) is 8.14. The number of ether oxygens (including phenoxy) is 2. The predicted octanol–water partition coefficient (Wildman–Crippen LogP) is 2.88. The van der Waals surface area contributed by atoms with Gasteiger partial charge in [-0.25, -0.2) is 0 Å². The zero-order chi connectivity index (χ0) is 18.5. The zero-order valence-electron chi connectivity index (χ0n) is 14.2. The number of para-hydroxylation sites is 2. The number of carboxylic acids is 1. The lowest BCUT2D eigenvalue weighted by Crippen LogP contribution is -2.45. The Bertz CT molecular complexity index is 793. The van der Waals surface area contributed by atoms with Crippen LogP contribution in [-0.4, -0.2) is 35.9 Å². The molecule has 2 N–H and O–H groups in total. The minimum Gasteiger partial charge on any atom is -0.485 e. The van der Waals surface area contributed by atoms with Crippen molar-refractivity contribution < 1.29 is 24.2 Å². The molecule has 1 aliphatic heterocycles. The van der Waals surface area contributed by atoms with Crippen LogP contribution >= 0.6 is 11.8 Å². The summed E-state index contributed by atoms with van der Waals surface area (Å²) in [5, 5.41) is 12.0. The molecule has 2 atom stereocenters. The van der Waals surface area contributed by atoms with E-state index in [0.29, 0.717) is 11.5 Å². The summed E-state index contributed by atoms with van der Waals surface area (Å²) in [6.45, 7) is 0.0774. The van der Waals surface area contributed by atoms with Crippen molar-refractivity contribution in [2.75, 3.05) is 12.9 Å². The number of carbonyl (C=O) groups excluding carboxylic acids is 1. The first-order chi connectivity index (χ1) is 12.6. The molecule has 3 rings (SSSR count). The summed E-state index contributed by atoms with van der Waals surface area (Å²) in [4.78, 5) is 24.9. The summed E-state index contributed by atoms with van der Waals surface area (Å²) in [6.07, 6.45) is 0.921. The molecular formula is C19H19NO5S. The van der Waals surface area contributed by atoms with Gasteiger partial charge in [0.2, 0.25) is 6.10 Å². The third kappa shape index (κ3) is 4.29. The number of thioether (sulfide) groups is 1. The third-order valence-corrected chi connectivity index (χ3v) is 4.76. The number of benzene rings is 2. The lowest BCUT2D eigenvalue weighted by atomic mass is 10.0. The minimum absolute atomic E-state index is 0.0774. The van der Waals surface area contributed by atoms with E-state index in [-0.39, 0.29) is 13.0 Å². The molecule has 26 heavy (non-hydrogen) atoms. The van der Waals surface area contributed by atoms with Gasteiger partial charge in [0.15, 0.2) is 11.5 Å². The second-order valence-corrected chi connectivity index (χ2v) is 6.68. The van der Waals surface area contributed by atoms with E-state index >= 15 is 0 Å².